The van der Waals surface area contributed by atoms with Crippen LogP contribution in [0, 0.1) is 11.3 Å². The normalized spacial score (nSPS) is 10.3. The summed E-state index contributed by atoms with van der Waals surface area (Å²) < 4.78 is 10.3. The summed E-state index contributed by atoms with van der Waals surface area (Å²) in [6.45, 7) is 2.01. The number of nitrogens with zero attached hydrogens (tertiary/aromatic N) is 2. The molecule has 0 amide bonds. The van der Waals surface area contributed by atoms with Crippen LogP contribution >= 0.6 is 0 Å². The number of aromatic nitrogens is 2. The lowest BCUT2D eigenvalue weighted by Gasteiger charge is -2.07. The monoisotopic (exact) mass is 322 g/mol. The van der Waals surface area contributed by atoms with Crippen molar-refractivity contribution >= 4 is 11.8 Å². The molecule has 0 spiro atoms. The summed E-state index contributed by atoms with van der Waals surface area (Å²) in [5.74, 6) is 0.171. The van der Waals surface area contributed by atoms with Crippen molar-refractivity contribution in [1.29, 1.82) is 5.26 Å². The molecule has 3 N–H and O–H groups in total. The maximum Gasteiger partial charge on any atom is 0.354 e. The van der Waals surface area contributed by atoms with E-state index in [4.69, 9.17) is 14.9 Å². The minimum atomic E-state index is -0.462. The van der Waals surface area contributed by atoms with Crippen LogP contribution in [0.1, 0.15) is 23.0 Å². The number of nitrogens with one attached hydrogen (secondary N) is 1. The molecule has 0 bridgehead atoms. The lowest BCUT2D eigenvalue weighted by Crippen LogP contribution is -2.04. The summed E-state index contributed by atoms with van der Waals surface area (Å²) in [7, 11) is 0. The molecule has 120 valence electrons. The van der Waals surface area contributed by atoms with E-state index in [1.807, 2.05) is 0 Å². The van der Waals surface area contributed by atoms with Crippen molar-refractivity contribution in [3.05, 3.63) is 48.0 Å². The number of H-pyrrole nitrogens is 1. The summed E-state index contributed by atoms with van der Waals surface area (Å²) in [5, 5.41) is 9.39. The zero-order valence-electron chi connectivity index (χ0n) is 12.9. The smallest absolute Gasteiger partial charge is 0.354 e. The molecule has 0 aliphatic rings. The third-order valence-electron chi connectivity index (χ3n) is 3.42. The average Bonchev–Trinajstić information content (AvgIpc) is 3.26. The average molecular weight is 322 g/mol. The molecule has 24 heavy (non-hydrogen) atoms. The van der Waals surface area contributed by atoms with E-state index in [1.54, 1.807) is 37.4 Å². The minimum absolute atomic E-state index is 0.0975. The Bertz CT molecular complexity index is 920. The van der Waals surface area contributed by atoms with Crippen molar-refractivity contribution in [3.8, 4) is 28.7 Å². The van der Waals surface area contributed by atoms with E-state index in [2.05, 4.69) is 16.0 Å². The molecule has 0 aliphatic carbocycles. The van der Waals surface area contributed by atoms with Crippen LogP contribution in [-0.2, 0) is 4.74 Å². The Morgan fingerprint density at radius 2 is 2.33 bits per heavy atom. The first-order chi connectivity index (χ1) is 11.6. The zero-order chi connectivity index (χ0) is 17.1. The Morgan fingerprint density at radius 1 is 1.50 bits per heavy atom. The van der Waals surface area contributed by atoms with Crippen LogP contribution < -0.4 is 5.73 Å². The Balaban J connectivity index is 2.10. The van der Waals surface area contributed by atoms with Gasteiger partial charge in [-0.3, -0.25) is 0 Å². The molecule has 0 radical (unpaired) electrons. The molecule has 3 rings (SSSR count). The molecule has 7 nitrogen and oxygen atoms in total. The zero-order valence-corrected chi connectivity index (χ0v) is 12.9. The predicted octanol–water partition coefficient (Wildman–Crippen LogP) is 2.97. The second kappa shape index (κ2) is 6.30. The van der Waals surface area contributed by atoms with Gasteiger partial charge in [-0.25, -0.2) is 9.78 Å². The van der Waals surface area contributed by atoms with Crippen molar-refractivity contribution in [2.45, 2.75) is 6.92 Å². The van der Waals surface area contributed by atoms with Gasteiger partial charge in [0.15, 0.2) is 5.76 Å². The van der Waals surface area contributed by atoms with Crippen molar-refractivity contribution in [1.82, 2.24) is 9.97 Å². The van der Waals surface area contributed by atoms with Gasteiger partial charge in [0.05, 0.1) is 12.9 Å². The SMILES string of the molecule is CCOC(=O)c1cc(-c2cc(-c3ccco3)nc(N)c2C#N)c[nH]1. The second-order valence-corrected chi connectivity index (χ2v) is 4.93. The lowest BCUT2D eigenvalue weighted by atomic mass is 10.0. The molecule has 0 unspecified atom stereocenters. The van der Waals surface area contributed by atoms with Crippen LogP contribution in [0.3, 0.4) is 0 Å². The molecule has 0 fully saturated rings. The van der Waals surface area contributed by atoms with Crippen molar-refractivity contribution in [2.75, 3.05) is 12.3 Å². The number of esters is 1. The van der Waals surface area contributed by atoms with Gasteiger partial charge in [-0.15, -0.1) is 0 Å². The summed E-state index contributed by atoms with van der Waals surface area (Å²) in [6, 6.07) is 8.85. The second-order valence-electron chi connectivity index (χ2n) is 4.93. The molecule has 0 aromatic carbocycles. The van der Waals surface area contributed by atoms with Gasteiger partial charge < -0.3 is 19.9 Å². The molecule has 0 saturated carbocycles. The summed E-state index contributed by atoms with van der Waals surface area (Å²) in [5.41, 5.74) is 8.15. The van der Waals surface area contributed by atoms with Crippen LogP contribution in [0.25, 0.3) is 22.6 Å². The highest BCUT2D eigenvalue weighted by Crippen LogP contribution is 2.31. The van der Waals surface area contributed by atoms with Gasteiger partial charge in [-0.2, -0.15) is 5.26 Å². The van der Waals surface area contributed by atoms with Crippen LogP contribution in [0.2, 0.25) is 0 Å². The van der Waals surface area contributed by atoms with Crippen molar-refractivity contribution < 1.29 is 13.9 Å². The molecule has 0 aliphatic heterocycles. The Labute approximate surface area is 137 Å². The molecule has 3 aromatic heterocycles. The summed E-state index contributed by atoms with van der Waals surface area (Å²) in [6.07, 6.45) is 3.15. The maximum atomic E-state index is 11.8. The first kappa shape index (κ1) is 15.4. The fraction of sp³-hybridized carbons (Fsp3) is 0.118. The number of hydrogen-bond donors (Lipinski definition) is 2. The van der Waals surface area contributed by atoms with E-state index in [0.29, 0.717) is 28.3 Å². The van der Waals surface area contributed by atoms with E-state index in [0.717, 1.165) is 0 Å². The minimum Gasteiger partial charge on any atom is -0.463 e. The Kier molecular flexibility index (Phi) is 4.03. The predicted molar refractivity (Wildman–Crippen MR) is 86.8 cm³/mol. The number of nitrogens with two attached hydrogens (primary N) is 1. The highest BCUT2D eigenvalue weighted by atomic mass is 16.5. The summed E-state index contributed by atoms with van der Waals surface area (Å²) >= 11 is 0. The van der Waals surface area contributed by atoms with E-state index >= 15 is 0 Å². The number of pyridine rings is 1. The molecule has 3 aromatic rings. The third-order valence-corrected chi connectivity index (χ3v) is 3.42. The highest BCUT2D eigenvalue weighted by molar-refractivity contribution is 5.90. The highest BCUT2D eigenvalue weighted by Gasteiger charge is 2.17. The lowest BCUT2D eigenvalue weighted by molar-refractivity contribution is 0.0520. The number of anilines is 1. The van der Waals surface area contributed by atoms with Crippen molar-refractivity contribution in [2.24, 2.45) is 0 Å². The number of carbonyl (C=O) groups is 1. The first-order valence-electron chi connectivity index (χ1n) is 7.24. The van der Waals surface area contributed by atoms with Gasteiger partial charge in [0, 0.05) is 17.3 Å². The quantitative estimate of drug-likeness (QED) is 0.713. The topological polar surface area (TPSA) is 118 Å². The van der Waals surface area contributed by atoms with E-state index in [1.165, 1.54) is 6.26 Å². The largest absolute Gasteiger partial charge is 0.463 e. The number of furan rings is 1. The molecular formula is C17H14N4O3. The van der Waals surface area contributed by atoms with E-state index < -0.39 is 5.97 Å². The van der Waals surface area contributed by atoms with Crippen LogP contribution in [0.5, 0.6) is 0 Å². The first-order valence-corrected chi connectivity index (χ1v) is 7.24. The number of aromatic amines is 1. The molecule has 3 heterocycles. The van der Waals surface area contributed by atoms with Crippen molar-refractivity contribution in [3.63, 3.8) is 0 Å². The molecule has 0 saturated heterocycles. The standard InChI is InChI=1S/C17H14N4O3/c1-2-23-17(22)14-6-10(9-20-14)11-7-13(15-4-3-5-24-15)21-16(19)12(11)8-18/h3-7,9,20H,2H2,1H3,(H2,19,21). The van der Waals surface area contributed by atoms with Gasteiger partial charge >= 0.3 is 5.97 Å². The molecule has 0 atom stereocenters. The van der Waals surface area contributed by atoms with Gasteiger partial charge in [-0.05, 0) is 31.2 Å². The van der Waals surface area contributed by atoms with E-state index in [-0.39, 0.29) is 18.0 Å². The third kappa shape index (κ3) is 2.73. The van der Waals surface area contributed by atoms with E-state index in [9.17, 15) is 10.1 Å². The fourth-order valence-electron chi connectivity index (χ4n) is 2.34. The number of nitriles is 1. The molecule has 7 heteroatoms. The van der Waals surface area contributed by atoms with Gasteiger partial charge in [0.25, 0.3) is 0 Å². The summed E-state index contributed by atoms with van der Waals surface area (Å²) in [4.78, 5) is 18.8. The number of hydrogen-bond acceptors (Lipinski definition) is 6. The maximum absolute atomic E-state index is 11.8. The van der Waals surface area contributed by atoms with Crippen LogP contribution in [0.15, 0.2) is 41.1 Å². The fourth-order valence-corrected chi connectivity index (χ4v) is 2.34. The Hall–Kier alpha value is -3.53. The van der Waals surface area contributed by atoms with Gasteiger partial charge in [0.1, 0.15) is 28.8 Å². The Morgan fingerprint density at radius 3 is 3.00 bits per heavy atom. The number of ether oxygens (including phenoxy) is 1. The van der Waals surface area contributed by atoms with Gasteiger partial charge in [-0.1, -0.05) is 0 Å². The number of carbonyl (C=O) groups excluding carboxylic acids is 1. The number of rotatable bonds is 4. The van der Waals surface area contributed by atoms with Crippen LogP contribution in [-0.4, -0.2) is 22.5 Å². The number of nitrogen functional groups attached to an aromatic ring is 1. The van der Waals surface area contributed by atoms with Gasteiger partial charge in [0.2, 0.25) is 0 Å². The van der Waals surface area contributed by atoms with Crippen LogP contribution in [0.4, 0.5) is 5.82 Å². The molecular weight excluding hydrogens is 308 g/mol.